The molecule has 0 atom stereocenters. The first-order valence-electron chi connectivity index (χ1n) is 4.48. The fourth-order valence-electron chi connectivity index (χ4n) is 1.15. The smallest absolute Gasteiger partial charge is 0.506 e. The van der Waals surface area contributed by atoms with Crippen LogP contribution in [-0.4, -0.2) is 27.5 Å². The highest BCUT2D eigenvalue weighted by molar-refractivity contribution is 6.17. The van der Waals surface area contributed by atoms with E-state index in [-0.39, 0.29) is 11.6 Å². The molecule has 1 aromatic heterocycles. The number of aliphatic carboxylic acids is 1. The van der Waals surface area contributed by atoms with Gasteiger partial charge in [0, 0.05) is 5.56 Å². The van der Waals surface area contributed by atoms with Crippen molar-refractivity contribution in [3.8, 4) is 11.6 Å². The molecule has 18 heavy (non-hydrogen) atoms. The molecular weight excluding hydrogens is 279 g/mol. The zero-order valence-corrected chi connectivity index (χ0v) is 9.42. The van der Waals surface area contributed by atoms with Crippen molar-refractivity contribution >= 4 is 17.6 Å². The van der Waals surface area contributed by atoms with Crippen LogP contribution in [0.4, 0.5) is 13.2 Å². The number of hydrogen-bond acceptors (Lipinski definition) is 4. The van der Waals surface area contributed by atoms with Gasteiger partial charge in [-0.3, -0.25) is 4.79 Å². The highest BCUT2D eigenvalue weighted by Crippen LogP contribution is 2.30. The first-order valence-corrected chi connectivity index (χ1v) is 5.01. The summed E-state index contributed by atoms with van der Waals surface area (Å²) in [6.07, 6.45) is -5.78. The molecular formula is C9H7ClF3NO4. The monoisotopic (exact) mass is 285 g/mol. The molecule has 0 unspecified atom stereocenters. The summed E-state index contributed by atoms with van der Waals surface area (Å²) < 4.78 is 39.9. The molecule has 0 aliphatic heterocycles. The fourth-order valence-corrected chi connectivity index (χ4v) is 1.34. The normalized spacial score (nSPS) is 11.3. The predicted molar refractivity (Wildman–Crippen MR) is 53.5 cm³/mol. The Hall–Kier alpha value is -1.70. The van der Waals surface area contributed by atoms with Crippen molar-refractivity contribution in [1.82, 2.24) is 4.98 Å². The minimum Gasteiger partial charge on any atom is -0.506 e. The quantitative estimate of drug-likeness (QED) is 0.828. The second-order valence-corrected chi connectivity index (χ2v) is 3.44. The highest BCUT2D eigenvalue weighted by Gasteiger charge is 2.33. The number of nitrogens with zero attached hydrogens (tertiary/aromatic N) is 1. The molecule has 0 aliphatic carbocycles. The first-order chi connectivity index (χ1) is 8.23. The van der Waals surface area contributed by atoms with Gasteiger partial charge in [0.1, 0.15) is 11.4 Å². The summed E-state index contributed by atoms with van der Waals surface area (Å²) in [5, 5.41) is 17.9. The average Bonchev–Trinajstić information content (AvgIpc) is 2.19. The molecule has 0 saturated heterocycles. The number of carboxylic acids is 1. The van der Waals surface area contributed by atoms with Gasteiger partial charge in [0.15, 0.2) is 0 Å². The summed E-state index contributed by atoms with van der Waals surface area (Å²) in [4.78, 5) is 13.8. The molecule has 100 valence electrons. The van der Waals surface area contributed by atoms with Crippen LogP contribution in [0.15, 0.2) is 6.07 Å². The second kappa shape index (κ2) is 5.30. The number of pyridine rings is 1. The Morgan fingerprint density at radius 2 is 2.11 bits per heavy atom. The third kappa shape index (κ3) is 3.95. The maximum absolute atomic E-state index is 12.1. The molecule has 0 amide bonds. The Labute approximate surface area is 104 Å². The van der Waals surface area contributed by atoms with Gasteiger partial charge in [0.05, 0.1) is 12.3 Å². The Kier molecular flexibility index (Phi) is 4.23. The van der Waals surface area contributed by atoms with E-state index in [0.717, 1.165) is 6.07 Å². The van der Waals surface area contributed by atoms with Gasteiger partial charge in [-0.05, 0) is 6.07 Å². The molecule has 2 N–H and O–H groups in total. The van der Waals surface area contributed by atoms with E-state index in [4.69, 9.17) is 16.7 Å². The van der Waals surface area contributed by atoms with E-state index in [9.17, 15) is 23.1 Å². The topological polar surface area (TPSA) is 79.7 Å². The summed E-state index contributed by atoms with van der Waals surface area (Å²) >= 11 is 5.36. The molecule has 5 nitrogen and oxygen atoms in total. The van der Waals surface area contributed by atoms with E-state index in [2.05, 4.69) is 9.72 Å². The van der Waals surface area contributed by atoms with Crippen LogP contribution in [-0.2, 0) is 17.1 Å². The van der Waals surface area contributed by atoms with E-state index < -0.39 is 35.9 Å². The van der Waals surface area contributed by atoms with E-state index in [0.29, 0.717) is 0 Å². The van der Waals surface area contributed by atoms with Crippen molar-refractivity contribution in [3.05, 3.63) is 17.3 Å². The number of halogens is 4. The van der Waals surface area contributed by atoms with Crippen molar-refractivity contribution in [1.29, 1.82) is 0 Å². The zero-order valence-electron chi connectivity index (χ0n) is 8.66. The van der Waals surface area contributed by atoms with Crippen molar-refractivity contribution in [3.63, 3.8) is 0 Å². The van der Waals surface area contributed by atoms with Crippen LogP contribution in [0.25, 0.3) is 0 Å². The number of carboxylic acid groups (broad SMARTS) is 1. The molecule has 9 heteroatoms. The van der Waals surface area contributed by atoms with E-state index >= 15 is 0 Å². The molecule has 0 fully saturated rings. The Balaban J connectivity index is 3.21. The van der Waals surface area contributed by atoms with Gasteiger partial charge in [0.25, 0.3) is 0 Å². The van der Waals surface area contributed by atoms with Crippen molar-refractivity contribution in [2.45, 2.75) is 18.7 Å². The van der Waals surface area contributed by atoms with Gasteiger partial charge >= 0.3 is 12.3 Å². The summed E-state index contributed by atoms with van der Waals surface area (Å²) in [7, 11) is 0. The standard InChI is InChI=1S/C9H7ClF3NO4/c10-3-5-6(15)1-4(2-7(16)17)8(14-5)18-9(11,12)13/h1,15H,2-3H2,(H,16,17). The Bertz CT molecular complexity index is 464. The molecule has 0 spiro atoms. The van der Waals surface area contributed by atoms with E-state index in [1.165, 1.54) is 0 Å². The summed E-state index contributed by atoms with van der Waals surface area (Å²) in [6.45, 7) is 0. The van der Waals surface area contributed by atoms with Crippen LogP contribution in [0.1, 0.15) is 11.3 Å². The summed E-state index contributed by atoms with van der Waals surface area (Å²) in [6, 6.07) is 0.833. The first kappa shape index (κ1) is 14.4. The predicted octanol–water partition coefficient (Wildman–Crippen LogP) is 2.05. The molecule has 0 bridgehead atoms. The van der Waals surface area contributed by atoms with Gasteiger partial charge in [-0.1, -0.05) is 0 Å². The van der Waals surface area contributed by atoms with Crippen LogP contribution in [0.2, 0.25) is 0 Å². The van der Waals surface area contributed by atoms with Gasteiger partial charge in [-0.15, -0.1) is 24.8 Å². The third-order valence-electron chi connectivity index (χ3n) is 1.80. The summed E-state index contributed by atoms with van der Waals surface area (Å²) in [5.41, 5.74) is -0.628. The van der Waals surface area contributed by atoms with E-state index in [1.807, 2.05) is 0 Å². The Morgan fingerprint density at radius 1 is 1.50 bits per heavy atom. The minimum absolute atomic E-state index is 0.231. The van der Waals surface area contributed by atoms with E-state index in [1.54, 1.807) is 0 Å². The lowest BCUT2D eigenvalue weighted by Crippen LogP contribution is -2.20. The van der Waals surface area contributed by atoms with Crippen molar-refractivity contribution < 1.29 is 32.9 Å². The van der Waals surface area contributed by atoms with Crippen molar-refractivity contribution in [2.75, 3.05) is 0 Å². The lowest BCUT2D eigenvalue weighted by atomic mass is 10.1. The lowest BCUT2D eigenvalue weighted by Gasteiger charge is -2.13. The average molecular weight is 286 g/mol. The molecule has 0 saturated carbocycles. The van der Waals surface area contributed by atoms with Gasteiger partial charge in [-0.25, -0.2) is 4.98 Å². The molecule has 0 radical (unpaired) electrons. The van der Waals surface area contributed by atoms with Gasteiger partial charge in [0.2, 0.25) is 5.88 Å². The molecule has 1 aromatic rings. The number of aromatic nitrogens is 1. The lowest BCUT2D eigenvalue weighted by molar-refractivity contribution is -0.276. The molecule has 1 heterocycles. The molecule has 1 rings (SSSR count). The fraction of sp³-hybridized carbons (Fsp3) is 0.333. The maximum Gasteiger partial charge on any atom is 0.574 e. The van der Waals surface area contributed by atoms with Crippen LogP contribution in [0.3, 0.4) is 0 Å². The van der Waals surface area contributed by atoms with Crippen LogP contribution in [0.5, 0.6) is 11.6 Å². The number of rotatable bonds is 4. The zero-order chi connectivity index (χ0) is 13.9. The number of aromatic hydroxyl groups is 1. The maximum atomic E-state index is 12.1. The largest absolute Gasteiger partial charge is 0.574 e. The number of ether oxygens (including phenoxy) is 1. The number of alkyl halides is 4. The number of carbonyl (C=O) groups is 1. The Morgan fingerprint density at radius 3 is 2.56 bits per heavy atom. The second-order valence-electron chi connectivity index (χ2n) is 3.17. The van der Waals surface area contributed by atoms with Gasteiger partial charge < -0.3 is 14.9 Å². The number of hydrogen-bond donors (Lipinski definition) is 2. The summed E-state index contributed by atoms with van der Waals surface area (Å²) in [5.74, 6) is -3.15. The van der Waals surface area contributed by atoms with Gasteiger partial charge in [-0.2, -0.15) is 0 Å². The molecule has 0 aromatic carbocycles. The van der Waals surface area contributed by atoms with Crippen LogP contribution < -0.4 is 4.74 Å². The third-order valence-corrected chi connectivity index (χ3v) is 2.05. The van der Waals surface area contributed by atoms with Crippen LogP contribution >= 0.6 is 11.6 Å². The molecule has 0 aliphatic rings. The SMILES string of the molecule is O=C(O)Cc1cc(O)c(CCl)nc1OC(F)(F)F. The van der Waals surface area contributed by atoms with Crippen molar-refractivity contribution in [2.24, 2.45) is 0 Å². The minimum atomic E-state index is -5.01. The van der Waals surface area contributed by atoms with Crippen LogP contribution in [0, 0.1) is 0 Å². The highest BCUT2D eigenvalue weighted by atomic mass is 35.5.